The number of unbranched alkanes of at least 4 members (excludes halogenated alkanes) is 3. The number of ether oxygens (including phenoxy) is 2. The summed E-state index contributed by atoms with van der Waals surface area (Å²) >= 11 is 1.29. The van der Waals surface area contributed by atoms with Gasteiger partial charge in [0, 0.05) is 11.6 Å². The van der Waals surface area contributed by atoms with E-state index < -0.39 is 0 Å². The monoisotopic (exact) mass is 597 g/mol. The Morgan fingerprint density at radius 1 is 1.03 bits per heavy atom. The zero-order valence-corrected chi connectivity index (χ0v) is 26.0. The molecule has 6 nitrogen and oxygen atoms in total. The Balaban J connectivity index is 0.00000267. The quantitative estimate of drug-likeness (QED) is 0.198. The second-order valence-electron chi connectivity index (χ2n) is 10.1. The lowest BCUT2D eigenvalue weighted by molar-refractivity contribution is 0.175. The Hall–Kier alpha value is -1.77. The van der Waals surface area contributed by atoms with E-state index >= 15 is 0 Å². The van der Waals surface area contributed by atoms with Crippen LogP contribution in [0.1, 0.15) is 62.1 Å². The van der Waals surface area contributed by atoms with Crippen LogP contribution < -0.4 is 19.7 Å². The molecule has 0 saturated heterocycles. The van der Waals surface area contributed by atoms with Crippen molar-refractivity contribution in [2.45, 2.75) is 70.8 Å². The van der Waals surface area contributed by atoms with E-state index in [-0.39, 0.29) is 29.7 Å². The molecule has 0 spiro atoms. The van der Waals surface area contributed by atoms with Crippen LogP contribution in [-0.4, -0.2) is 56.3 Å². The highest BCUT2D eigenvalue weighted by molar-refractivity contribution is 7.16. The highest BCUT2D eigenvalue weighted by Gasteiger charge is 2.27. The number of nitrogens with zero attached hydrogens (tertiary/aromatic N) is 1. The topological polar surface area (TPSA) is 66.6 Å². The van der Waals surface area contributed by atoms with Crippen LogP contribution in [0.5, 0.6) is 11.5 Å². The fraction of sp³-hybridized carbons (Fsp3) is 0.567. The number of hydrogen-bond acceptors (Lipinski definition) is 6. The number of nitrogens with one attached hydrogen (secondary N) is 2. The van der Waals surface area contributed by atoms with Crippen molar-refractivity contribution in [3.63, 3.8) is 0 Å². The summed E-state index contributed by atoms with van der Waals surface area (Å²) in [4.78, 5) is 17.1. The summed E-state index contributed by atoms with van der Waals surface area (Å²) in [7, 11) is 3.46. The van der Waals surface area contributed by atoms with Crippen molar-refractivity contribution in [1.29, 1.82) is 0 Å². The molecule has 1 aromatic heterocycles. The minimum Gasteiger partial charge on any atom is -0.493 e. The lowest BCUT2D eigenvalue weighted by Gasteiger charge is -2.36. The fourth-order valence-corrected chi connectivity index (χ4v) is 6.46. The minimum atomic E-state index is 0. The van der Waals surface area contributed by atoms with Gasteiger partial charge in [0.2, 0.25) is 0 Å². The van der Waals surface area contributed by atoms with Crippen molar-refractivity contribution in [2.75, 3.05) is 40.4 Å². The van der Waals surface area contributed by atoms with E-state index in [0.29, 0.717) is 6.04 Å². The van der Waals surface area contributed by atoms with Gasteiger partial charge in [-0.1, -0.05) is 43.2 Å². The predicted octanol–water partition coefficient (Wildman–Crippen LogP) is 6.41. The molecule has 2 N–H and O–H groups in total. The SMILES string of the molecule is CCCN(CCCCCCNCCc1ccc2[nH]c(=O)sc2c1)[C@H]1CCc2c(ccc(OC)c2OC)C1.Cl.Cl. The van der Waals surface area contributed by atoms with E-state index in [2.05, 4.69) is 46.4 Å². The van der Waals surface area contributed by atoms with Gasteiger partial charge in [0.15, 0.2) is 11.5 Å². The highest BCUT2D eigenvalue weighted by atomic mass is 35.5. The molecule has 0 bridgehead atoms. The van der Waals surface area contributed by atoms with Crippen molar-refractivity contribution in [3.8, 4) is 11.5 Å². The lowest BCUT2D eigenvalue weighted by atomic mass is 9.86. The van der Waals surface area contributed by atoms with Crippen LogP contribution in [0.3, 0.4) is 0 Å². The normalized spacial score (nSPS) is 14.5. The second-order valence-corrected chi connectivity index (χ2v) is 11.1. The van der Waals surface area contributed by atoms with Gasteiger partial charge in [-0.05, 0) is 100 Å². The third kappa shape index (κ3) is 9.12. The van der Waals surface area contributed by atoms with E-state index in [4.69, 9.17) is 9.47 Å². The number of aromatic amines is 1. The first-order chi connectivity index (χ1) is 18.1. The maximum atomic E-state index is 11.5. The minimum absolute atomic E-state index is 0. The molecule has 4 rings (SSSR count). The first-order valence-electron chi connectivity index (χ1n) is 13.9. The van der Waals surface area contributed by atoms with Crippen LogP contribution in [0.2, 0.25) is 0 Å². The fourth-order valence-electron chi connectivity index (χ4n) is 5.66. The number of rotatable bonds is 15. The number of halogens is 2. The average Bonchev–Trinajstić information content (AvgIpc) is 3.29. The van der Waals surface area contributed by atoms with Gasteiger partial charge in [-0.3, -0.25) is 4.79 Å². The molecule has 0 amide bonds. The predicted molar refractivity (Wildman–Crippen MR) is 169 cm³/mol. The molecule has 9 heteroatoms. The van der Waals surface area contributed by atoms with Crippen molar-refractivity contribution in [1.82, 2.24) is 15.2 Å². The van der Waals surface area contributed by atoms with Crippen molar-refractivity contribution < 1.29 is 9.47 Å². The molecule has 1 aliphatic carbocycles. The number of H-pyrrole nitrogens is 1. The molecule has 0 saturated carbocycles. The summed E-state index contributed by atoms with van der Waals surface area (Å²) in [5.41, 5.74) is 4.99. The summed E-state index contributed by atoms with van der Waals surface area (Å²) < 4.78 is 12.2. The summed E-state index contributed by atoms with van der Waals surface area (Å²) in [5, 5.41) is 3.59. The molecule has 0 fully saturated rings. The summed E-state index contributed by atoms with van der Waals surface area (Å²) in [6, 6.07) is 11.2. The molecule has 1 atom stereocenters. The van der Waals surface area contributed by atoms with Crippen LogP contribution >= 0.6 is 36.2 Å². The molecule has 3 aromatic rings. The molecule has 0 radical (unpaired) electrons. The summed E-state index contributed by atoms with van der Waals surface area (Å²) in [6.45, 7) is 6.72. The standard InChI is InChI=1S/C30H43N3O3S.2ClH/c1-4-18-33(24-11-12-25-23(21-24)10-14-27(35-2)29(25)36-3)19-8-6-5-7-16-31-17-15-22-9-13-26-28(20-22)37-30(34)32-26;;/h9-10,13-14,20,24,31H,4-8,11-12,15-19,21H2,1-3H3,(H,32,34);2*1H/t24-;;/m0../s1. The first kappa shape index (κ1) is 33.4. The van der Waals surface area contributed by atoms with Gasteiger partial charge in [-0.2, -0.15) is 0 Å². The summed E-state index contributed by atoms with van der Waals surface area (Å²) in [6.07, 6.45) is 10.6. The Kier molecular flexibility index (Phi) is 14.7. The molecule has 218 valence electrons. The number of fused-ring (bicyclic) bond motifs is 2. The molecule has 0 unspecified atom stereocenters. The van der Waals surface area contributed by atoms with Gasteiger partial charge >= 0.3 is 4.87 Å². The van der Waals surface area contributed by atoms with Crippen LogP contribution in [0.15, 0.2) is 35.1 Å². The van der Waals surface area contributed by atoms with Crippen molar-refractivity contribution >= 4 is 46.4 Å². The smallest absolute Gasteiger partial charge is 0.305 e. The molecular weight excluding hydrogens is 553 g/mol. The van der Waals surface area contributed by atoms with Crippen molar-refractivity contribution in [3.05, 3.63) is 56.7 Å². The third-order valence-corrected chi connectivity index (χ3v) is 8.43. The highest BCUT2D eigenvalue weighted by Crippen LogP contribution is 2.38. The molecule has 0 aliphatic heterocycles. The maximum Gasteiger partial charge on any atom is 0.305 e. The number of benzene rings is 2. The zero-order chi connectivity index (χ0) is 26.0. The largest absolute Gasteiger partial charge is 0.493 e. The Morgan fingerprint density at radius 2 is 1.85 bits per heavy atom. The number of hydrogen-bond donors (Lipinski definition) is 2. The van der Waals surface area contributed by atoms with E-state index in [9.17, 15) is 4.79 Å². The van der Waals surface area contributed by atoms with Crippen molar-refractivity contribution in [2.24, 2.45) is 0 Å². The molecular formula is C30H45Cl2N3O3S. The lowest BCUT2D eigenvalue weighted by Crippen LogP contribution is -2.40. The number of aromatic nitrogens is 1. The van der Waals surface area contributed by atoms with Gasteiger partial charge in [-0.15, -0.1) is 24.8 Å². The zero-order valence-electron chi connectivity index (χ0n) is 23.6. The van der Waals surface area contributed by atoms with Gasteiger partial charge in [0.05, 0.1) is 24.4 Å². The van der Waals surface area contributed by atoms with Crippen LogP contribution in [-0.2, 0) is 19.3 Å². The molecule has 2 aromatic carbocycles. The third-order valence-electron chi connectivity index (χ3n) is 7.58. The van der Waals surface area contributed by atoms with E-state index in [1.54, 1.807) is 14.2 Å². The van der Waals surface area contributed by atoms with E-state index in [0.717, 1.165) is 54.1 Å². The van der Waals surface area contributed by atoms with Gasteiger partial charge in [0.1, 0.15) is 0 Å². The Bertz CT molecular complexity index is 1200. The molecule has 1 aliphatic rings. The maximum absolute atomic E-state index is 11.5. The number of thiazole rings is 1. The number of methoxy groups -OCH3 is 2. The van der Waals surface area contributed by atoms with Gasteiger partial charge < -0.3 is 24.7 Å². The van der Waals surface area contributed by atoms with Crippen LogP contribution in [0.4, 0.5) is 0 Å². The van der Waals surface area contributed by atoms with Crippen LogP contribution in [0, 0.1) is 0 Å². The Morgan fingerprint density at radius 3 is 2.62 bits per heavy atom. The van der Waals surface area contributed by atoms with Gasteiger partial charge in [-0.25, -0.2) is 0 Å². The van der Waals surface area contributed by atoms with E-state index in [1.807, 2.05) is 6.07 Å². The van der Waals surface area contributed by atoms with E-state index in [1.165, 1.54) is 79.6 Å². The average molecular weight is 599 g/mol. The molecule has 1 heterocycles. The second kappa shape index (κ2) is 17.1. The summed E-state index contributed by atoms with van der Waals surface area (Å²) in [5.74, 6) is 1.77. The Labute approximate surface area is 249 Å². The van der Waals surface area contributed by atoms with Gasteiger partial charge in [0.25, 0.3) is 0 Å². The van der Waals surface area contributed by atoms with Crippen LogP contribution in [0.25, 0.3) is 10.2 Å². The molecule has 39 heavy (non-hydrogen) atoms. The first-order valence-corrected chi connectivity index (χ1v) is 14.7.